The lowest BCUT2D eigenvalue weighted by Gasteiger charge is -2.15. The molecule has 2 aromatic heterocycles. The lowest BCUT2D eigenvalue weighted by Crippen LogP contribution is -2.10. The van der Waals surface area contributed by atoms with Gasteiger partial charge in [0.05, 0.1) is 5.69 Å². The Kier molecular flexibility index (Phi) is 3.27. The van der Waals surface area contributed by atoms with E-state index in [1.54, 1.807) is 12.4 Å². The zero-order valence-electron chi connectivity index (χ0n) is 11.8. The van der Waals surface area contributed by atoms with E-state index in [4.69, 9.17) is 9.72 Å². The summed E-state index contributed by atoms with van der Waals surface area (Å²) in [4.78, 5) is 13.3. The van der Waals surface area contributed by atoms with Gasteiger partial charge in [0.1, 0.15) is 6.10 Å². The van der Waals surface area contributed by atoms with Gasteiger partial charge in [-0.3, -0.25) is 4.98 Å². The number of nitrogens with zero attached hydrogens (tertiary/aromatic N) is 3. The Labute approximate surface area is 123 Å². The zero-order valence-corrected chi connectivity index (χ0v) is 11.8. The molecule has 0 spiro atoms. The van der Waals surface area contributed by atoms with Crippen LogP contribution in [0.4, 0.5) is 5.95 Å². The van der Waals surface area contributed by atoms with Crippen molar-refractivity contribution in [2.45, 2.75) is 37.8 Å². The van der Waals surface area contributed by atoms with Gasteiger partial charge >= 0.3 is 0 Å². The molecule has 3 heterocycles. The van der Waals surface area contributed by atoms with E-state index in [9.17, 15) is 0 Å². The molecule has 108 valence electrons. The second-order valence-electron chi connectivity index (χ2n) is 5.65. The Morgan fingerprint density at radius 1 is 1.14 bits per heavy atom. The molecule has 4 rings (SSSR count). The molecular weight excluding hydrogens is 264 g/mol. The first kappa shape index (κ1) is 12.7. The number of nitrogens with one attached hydrogen (secondary N) is 1. The van der Waals surface area contributed by atoms with Gasteiger partial charge in [0.2, 0.25) is 5.95 Å². The minimum atomic E-state index is 0.0796. The summed E-state index contributed by atoms with van der Waals surface area (Å²) in [5.74, 6) is 0.723. The number of rotatable bonds is 4. The molecule has 0 unspecified atom stereocenters. The van der Waals surface area contributed by atoms with Crippen molar-refractivity contribution < 1.29 is 4.74 Å². The van der Waals surface area contributed by atoms with E-state index < -0.39 is 0 Å². The summed E-state index contributed by atoms with van der Waals surface area (Å²) in [6.45, 7) is 0.815. The number of hydrogen-bond donors (Lipinski definition) is 1. The van der Waals surface area contributed by atoms with E-state index >= 15 is 0 Å². The minimum absolute atomic E-state index is 0.0796. The van der Waals surface area contributed by atoms with Crippen LogP contribution in [0.5, 0.6) is 0 Å². The van der Waals surface area contributed by atoms with E-state index in [0.29, 0.717) is 6.04 Å². The molecular formula is C16H18N4O. The number of hydrogen-bond acceptors (Lipinski definition) is 5. The quantitative estimate of drug-likeness (QED) is 0.934. The molecule has 1 saturated carbocycles. The average molecular weight is 282 g/mol. The summed E-state index contributed by atoms with van der Waals surface area (Å²) < 4.78 is 5.84. The van der Waals surface area contributed by atoms with Crippen molar-refractivity contribution in [1.82, 2.24) is 15.0 Å². The minimum Gasteiger partial charge on any atom is -0.372 e. The smallest absolute Gasteiger partial charge is 0.223 e. The monoisotopic (exact) mass is 282 g/mol. The van der Waals surface area contributed by atoms with E-state index in [1.807, 2.05) is 18.3 Å². The lowest BCUT2D eigenvalue weighted by molar-refractivity contribution is 0.109. The maximum atomic E-state index is 5.84. The van der Waals surface area contributed by atoms with Crippen molar-refractivity contribution in [2.75, 3.05) is 11.9 Å². The van der Waals surface area contributed by atoms with Crippen LogP contribution in [0.15, 0.2) is 30.7 Å². The van der Waals surface area contributed by atoms with Crippen LogP contribution in [0, 0.1) is 0 Å². The first-order valence-electron chi connectivity index (χ1n) is 7.55. The Bertz CT molecular complexity index is 621. The Balaban J connectivity index is 1.73. The molecule has 0 radical (unpaired) electrons. The second kappa shape index (κ2) is 5.41. The van der Waals surface area contributed by atoms with Crippen molar-refractivity contribution >= 4 is 5.95 Å². The van der Waals surface area contributed by atoms with Gasteiger partial charge in [-0.05, 0) is 43.4 Å². The average Bonchev–Trinajstić information content (AvgIpc) is 3.18. The van der Waals surface area contributed by atoms with Crippen molar-refractivity contribution in [3.8, 4) is 11.1 Å². The van der Waals surface area contributed by atoms with Gasteiger partial charge in [0, 0.05) is 36.8 Å². The Hall–Kier alpha value is -2.01. The molecule has 0 amide bonds. The third-order valence-corrected chi connectivity index (χ3v) is 3.95. The molecule has 0 aromatic carbocycles. The highest BCUT2D eigenvalue weighted by Crippen LogP contribution is 2.35. The molecule has 0 bridgehead atoms. The molecule has 1 N–H and O–H groups in total. The predicted octanol–water partition coefficient (Wildman–Crippen LogP) is 2.96. The van der Waals surface area contributed by atoms with Crippen LogP contribution in [-0.2, 0) is 4.74 Å². The fourth-order valence-corrected chi connectivity index (χ4v) is 2.67. The predicted molar refractivity (Wildman–Crippen MR) is 79.8 cm³/mol. The van der Waals surface area contributed by atoms with Crippen molar-refractivity contribution in [3.05, 3.63) is 36.4 Å². The standard InChI is InChI=1S/C16H18N4O/c1-2-14(21-9-1)15-13(11-5-7-17-8-6-11)10-18-16(20-15)19-12-3-4-12/h5-8,10,12,14H,1-4,9H2,(H,18,19,20)/t14-/m1/s1. The van der Waals surface area contributed by atoms with Gasteiger partial charge in [-0.25, -0.2) is 9.97 Å². The fourth-order valence-electron chi connectivity index (χ4n) is 2.67. The number of anilines is 1. The van der Waals surface area contributed by atoms with Crippen LogP contribution >= 0.6 is 0 Å². The topological polar surface area (TPSA) is 59.9 Å². The lowest BCUT2D eigenvalue weighted by atomic mass is 10.0. The number of ether oxygens (including phenoxy) is 1. The van der Waals surface area contributed by atoms with Gasteiger partial charge in [0.15, 0.2) is 0 Å². The Morgan fingerprint density at radius 2 is 2.00 bits per heavy atom. The maximum Gasteiger partial charge on any atom is 0.223 e. The normalized spacial score (nSPS) is 21.4. The molecule has 1 aliphatic carbocycles. The van der Waals surface area contributed by atoms with Gasteiger partial charge in [-0.2, -0.15) is 0 Å². The number of aromatic nitrogens is 3. The molecule has 5 nitrogen and oxygen atoms in total. The first-order valence-corrected chi connectivity index (χ1v) is 7.55. The van der Waals surface area contributed by atoms with E-state index in [0.717, 1.165) is 42.2 Å². The van der Waals surface area contributed by atoms with Gasteiger partial charge < -0.3 is 10.1 Å². The van der Waals surface area contributed by atoms with Gasteiger partial charge in [0.25, 0.3) is 0 Å². The van der Waals surface area contributed by atoms with E-state index in [2.05, 4.69) is 15.3 Å². The van der Waals surface area contributed by atoms with Crippen molar-refractivity contribution in [1.29, 1.82) is 0 Å². The highest BCUT2D eigenvalue weighted by atomic mass is 16.5. The highest BCUT2D eigenvalue weighted by molar-refractivity contribution is 5.65. The number of pyridine rings is 1. The summed E-state index contributed by atoms with van der Waals surface area (Å²) in [6, 6.07) is 4.53. The molecule has 2 aliphatic rings. The van der Waals surface area contributed by atoms with Crippen LogP contribution in [-0.4, -0.2) is 27.6 Å². The van der Waals surface area contributed by atoms with Gasteiger partial charge in [-0.1, -0.05) is 0 Å². The third-order valence-electron chi connectivity index (χ3n) is 3.95. The Morgan fingerprint density at radius 3 is 2.71 bits per heavy atom. The van der Waals surface area contributed by atoms with Crippen LogP contribution in [0.1, 0.15) is 37.5 Å². The fraction of sp³-hybridized carbons (Fsp3) is 0.438. The molecule has 2 aromatic rings. The molecule has 2 fully saturated rings. The van der Waals surface area contributed by atoms with E-state index in [-0.39, 0.29) is 6.10 Å². The first-order chi connectivity index (χ1) is 10.4. The summed E-state index contributed by atoms with van der Waals surface area (Å²) in [5, 5.41) is 3.37. The van der Waals surface area contributed by atoms with Gasteiger partial charge in [-0.15, -0.1) is 0 Å². The van der Waals surface area contributed by atoms with Crippen molar-refractivity contribution in [3.63, 3.8) is 0 Å². The summed E-state index contributed by atoms with van der Waals surface area (Å²) in [5.41, 5.74) is 3.14. The molecule has 1 saturated heterocycles. The summed E-state index contributed by atoms with van der Waals surface area (Å²) in [7, 11) is 0. The van der Waals surface area contributed by atoms with Crippen LogP contribution in [0.25, 0.3) is 11.1 Å². The zero-order chi connectivity index (χ0) is 14.1. The highest BCUT2D eigenvalue weighted by Gasteiger charge is 2.26. The molecule has 5 heteroatoms. The molecule has 21 heavy (non-hydrogen) atoms. The van der Waals surface area contributed by atoms with Crippen LogP contribution < -0.4 is 5.32 Å². The molecule has 1 atom stereocenters. The third kappa shape index (κ3) is 2.74. The maximum absolute atomic E-state index is 5.84. The largest absolute Gasteiger partial charge is 0.372 e. The van der Waals surface area contributed by atoms with Crippen LogP contribution in [0.2, 0.25) is 0 Å². The van der Waals surface area contributed by atoms with Crippen LogP contribution in [0.3, 0.4) is 0 Å². The second-order valence-corrected chi connectivity index (χ2v) is 5.65. The summed E-state index contributed by atoms with van der Waals surface area (Å²) in [6.07, 6.45) is 10.1. The molecule has 1 aliphatic heterocycles. The SMILES string of the molecule is c1cc(-c2cnc(NC3CC3)nc2[C@H]2CCCO2)ccn1. The van der Waals surface area contributed by atoms with E-state index in [1.165, 1.54) is 12.8 Å². The van der Waals surface area contributed by atoms with Crippen molar-refractivity contribution in [2.24, 2.45) is 0 Å². The summed E-state index contributed by atoms with van der Waals surface area (Å²) >= 11 is 0.